The van der Waals surface area contributed by atoms with E-state index in [1.807, 2.05) is 13.0 Å². The van der Waals surface area contributed by atoms with E-state index in [2.05, 4.69) is 4.98 Å². The quantitative estimate of drug-likeness (QED) is 0.682. The van der Waals surface area contributed by atoms with Crippen LogP contribution in [0.25, 0.3) is 6.08 Å². The molecule has 3 heteroatoms. The number of alkyl halides is 1. The summed E-state index contributed by atoms with van der Waals surface area (Å²) in [5.74, 6) is 0.251. The van der Waals surface area contributed by atoms with Crippen molar-refractivity contribution in [1.29, 1.82) is 0 Å². The molecule has 0 unspecified atom stereocenters. The van der Waals surface area contributed by atoms with Gasteiger partial charge in [0, 0.05) is 11.6 Å². The zero-order chi connectivity index (χ0) is 9.68. The van der Waals surface area contributed by atoms with Crippen molar-refractivity contribution in [2.75, 3.05) is 5.88 Å². The number of halogens is 2. The molecule has 0 bridgehead atoms. The number of pyridine rings is 1. The van der Waals surface area contributed by atoms with Crippen LogP contribution in [0.4, 0.5) is 4.39 Å². The van der Waals surface area contributed by atoms with Gasteiger partial charge in [-0.3, -0.25) is 4.98 Å². The van der Waals surface area contributed by atoms with E-state index in [0.717, 1.165) is 12.1 Å². The second-order valence-electron chi connectivity index (χ2n) is 2.70. The Labute approximate surface area is 82.3 Å². The molecule has 0 saturated heterocycles. The average molecular weight is 200 g/mol. The van der Waals surface area contributed by atoms with Gasteiger partial charge in [-0.15, -0.1) is 11.6 Å². The Morgan fingerprint density at radius 3 is 3.00 bits per heavy atom. The molecular weight excluding hydrogens is 189 g/mol. The predicted octanol–water partition coefficient (Wildman–Crippen LogP) is 3.17. The minimum Gasteiger partial charge on any atom is -0.251 e. The summed E-state index contributed by atoms with van der Waals surface area (Å²) >= 11 is 5.47. The first kappa shape index (κ1) is 10.2. The lowest BCUT2D eigenvalue weighted by Gasteiger charge is -1.97. The molecule has 1 heterocycles. The highest BCUT2D eigenvalue weighted by Gasteiger charge is 1.98. The lowest BCUT2D eigenvalue weighted by atomic mass is 10.2. The van der Waals surface area contributed by atoms with Crippen LogP contribution in [0, 0.1) is 12.7 Å². The lowest BCUT2D eigenvalue weighted by Crippen LogP contribution is -1.89. The van der Waals surface area contributed by atoms with Crippen molar-refractivity contribution in [1.82, 2.24) is 4.98 Å². The number of aromatic nitrogens is 1. The molecule has 13 heavy (non-hydrogen) atoms. The van der Waals surface area contributed by atoms with Gasteiger partial charge >= 0.3 is 0 Å². The first-order valence-corrected chi connectivity index (χ1v) is 4.63. The first-order valence-electron chi connectivity index (χ1n) is 4.09. The maximum Gasteiger partial charge on any atom is 0.148 e. The van der Waals surface area contributed by atoms with Crippen molar-refractivity contribution in [3.63, 3.8) is 0 Å². The van der Waals surface area contributed by atoms with Gasteiger partial charge in [0.1, 0.15) is 5.82 Å². The molecule has 1 aromatic heterocycles. The van der Waals surface area contributed by atoms with Crippen LogP contribution in [-0.4, -0.2) is 10.9 Å². The van der Waals surface area contributed by atoms with Crippen LogP contribution in [-0.2, 0) is 0 Å². The average Bonchev–Trinajstić information content (AvgIpc) is 2.11. The van der Waals surface area contributed by atoms with Gasteiger partial charge in [-0.25, -0.2) is 4.39 Å². The highest BCUT2D eigenvalue weighted by molar-refractivity contribution is 6.17. The molecule has 0 saturated carbocycles. The minimum absolute atomic E-state index is 0.295. The summed E-state index contributed by atoms with van der Waals surface area (Å²) in [5.41, 5.74) is 1.19. The highest BCUT2D eigenvalue weighted by Crippen LogP contribution is 2.07. The third-order valence-electron chi connectivity index (χ3n) is 1.56. The van der Waals surface area contributed by atoms with Crippen molar-refractivity contribution in [3.05, 3.63) is 35.4 Å². The molecule has 0 aliphatic carbocycles. The Hall–Kier alpha value is -0.890. The molecule has 70 valence electrons. The first-order chi connectivity index (χ1) is 6.24. The Morgan fingerprint density at radius 1 is 1.54 bits per heavy atom. The van der Waals surface area contributed by atoms with Crippen molar-refractivity contribution < 1.29 is 4.39 Å². The fraction of sp³-hybridized carbons (Fsp3) is 0.300. The van der Waals surface area contributed by atoms with Crippen molar-refractivity contribution in [2.24, 2.45) is 0 Å². The summed E-state index contributed by atoms with van der Waals surface area (Å²) in [5, 5.41) is 0. The van der Waals surface area contributed by atoms with Crippen LogP contribution >= 0.6 is 11.6 Å². The van der Waals surface area contributed by atoms with Crippen LogP contribution < -0.4 is 0 Å². The van der Waals surface area contributed by atoms with Crippen molar-refractivity contribution in [2.45, 2.75) is 13.3 Å². The molecule has 0 aliphatic heterocycles. The smallest absolute Gasteiger partial charge is 0.148 e. The molecule has 1 rings (SSSR count). The maximum atomic E-state index is 13.1. The molecule has 0 amide bonds. The van der Waals surface area contributed by atoms with E-state index in [1.54, 1.807) is 12.1 Å². The third-order valence-corrected chi connectivity index (χ3v) is 1.78. The number of allylic oxidation sites excluding steroid dienone is 1. The standard InChI is InChI=1S/C10H11ClFN/c1-8-5-6-9(12)10(13-8)4-2-3-7-11/h2,4-6H,3,7H2,1H3. The van der Waals surface area contributed by atoms with Crippen LogP contribution in [0.3, 0.4) is 0 Å². The molecule has 0 atom stereocenters. The molecule has 0 fully saturated rings. The highest BCUT2D eigenvalue weighted by atomic mass is 35.5. The number of nitrogens with zero attached hydrogens (tertiary/aromatic N) is 1. The van der Waals surface area contributed by atoms with Crippen LogP contribution in [0.15, 0.2) is 18.2 Å². The predicted molar refractivity (Wildman–Crippen MR) is 53.3 cm³/mol. The van der Waals surface area contributed by atoms with E-state index >= 15 is 0 Å². The fourth-order valence-electron chi connectivity index (χ4n) is 0.935. The zero-order valence-electron chi connectivity index (χ0n) is 7.43. The van der Waals surface area contributed by atoms with Crippen LogP contribution in [0.2, 0.25) is 0 Å². The largest absolute Gasteiger partial charge is 0.251 e. The fourth-order valence-corrected chi connectivity index (χ4v) is 1.06. The van der Waals surface area contributed by atoms with Gasteiger partial charge in [0.15, 0.2) is 0 Å². The summed E-state index contributed by atoms with van der Waals surface area (Å²) in [6.07, 6.45) is 4.21. The second kappa shape index (κ2) is 4.97. The van der Waals surface area contributed by atoms with Gasteiger partial charge in [-0.1, -0.05) is 6.08 Å². The molecule has 0 spiro atoms. The van der Waals surface area contributed by atoms with E-state index < -0.39 is 0 Å². The summed E-state index contributed by atoms with van der Waals surface area (Å²) < 4.78 is 13.1. The zero-order valence-corrected chi connectivity index (χ0v) is 8.18. The number of hydrogen-bond donors (Lipinski definition) is 0. The van der Waals surface area contributed by atoms with Crippen LogP contribution in [0.1, 0.15) is 17.8 Å². The molecule has 1 nitrogen and oxygen atoms in total. The second-order valence-corrected chi connectivity index (χ2v) is 3.08. The topological polar surface area (TPSA) is 12.9 Å². The normalized spacial score (nSPS) is 11.0. The van der Waals surface area contributed by atoms with Crippen molar-refractivity contribution in [3.8, 4) is 0 Å². The number of rotatable bonds is 3. The number of hydrogen-bond acceptors (Lipinski definition) is 1. The SMILES string of the molecule is Cc1ccc(F)c(C=CCCCl)n1. The van der Waals surface area contributed by atoms with Crippen LogP contribution in [0.5, 0.6) is 0 Å². The maximum absolute atomic E-state index is 13.1. The monoisotopic (exact) mass is 199 g/mol. The van der Waals surface area contributed by atoms with Gasteiger partial charge in [-0.2, -0.15) is 0 Å². The molecule has 0 aliphatic rings. The Kier molecular flexibility index (Phi) is 3.90. The molecule has 1 aromatic rings. The Balaban J connectivity index is 2.81. The van der Waals surface area contributed by atoms with E-state index in [9.17, 15) is 4.39 Å². The summed E-state index contributed by atoms with van der Waals surface area (Å²) in [4.78, 5) is 4.04. The van der Waals surface area contributed by atoms with Crippen molar-refractivity contribution >= 4 is 17.7 Å². The molecule has 0 aromatic carbocycles. The van der Waals surface area contributed by atoms with Gasteiger partial charge < -0.3 is 0 Å². The lowest BCUT2D eigenvalue weighted by molar-refractivity contribution is 0.616. The van der Waals surface area contributed by atoms with E-state index in [0.29, 0.717) is 11.6 Å². The van der Waals surface area contributed by atoms with E-state index in [-0.39, 0.29) is 5.82 Å². The summed E-state index contributed by atoms with van der Waals surface area (Å²) in [6.45, 7) is 1.83. The van der Waals surface area contributed by atoms with E-state index in [1.165, 1.54) is 6.07 Å². The van der Waals surface area contributed by atoms with Gasteiger partial charge in [-0.05, 0) is 31.6 Å². The minimum atomic E-state index is -0.295. The van der Waals surface area contributed by atoms with Gasteiger partial charge in [0.2, 0.25) is 0 Å². The van der Waals surface area contributed by atoms with Gasteiger partial charge in [0.05, 0.1) is 5.69 Å². The van der Waals surface area contributed by atoms with Gasteiger partial charge in [0.25, 0.3) is 0 Å². The molecule has 0 radical (unpaired) electrons. The third kappa shape index (κ3) is 3.15. The van der Waals surface area contributed by atoms with E-state index in [4.69, 9.17) is 11.6 Å². The molecule has 0 N–H and O–H groups in total. The Morgan fingerprint density at radius 2 is 2.31 bits per heavy atom. The molecular formula is C10H11ClFN. The number of aryl methyl sites for hydroxylation is 1. The summed E-state index contributed by atoms with van der Waals surface area (Å²) in [6, 6.07) is 3.07. The summed E-state index contributed by atoms with van der Waals surface area (Å²) in [7, 11) is 0. The Bertz CT molecular complexity index is 310.